The maximum absolute atomic E-state index is 13.0. The molecule has 0 spiro atoms. The van der Waals surface area contributed by atoms with E-state index >= 15 is 0 Å². The summed E-state index contributed by atoms with van der Waals surface area (Å²) in [6.45, 7) is 1.96. The Kier molecular flexibility index (Phi) is 6.18. The maximum Gasteiger partial charge on any atom is 0.239 e. The molecule has 0 radical (unpaired) electrons. The number of halogens is 1. The van der Waals surface area contributed by atoms with Gasteiger partial charge in [-0.3, -0.25) is 4.79 Å². The third kappa shape index (κ3) is 4.69. The summed E-state index contributed by atoms with van der Waals surface area (Å²) in [6.07, 6.45) is 0.343. The van der Waals surface area contributed by atoms with Gasteiger partial charge in [-0.1, -0.05) is 35.9 Å². The normalized spacial score (nSPS) is 16.6. The smallest absolute Gasteiger partial charge is 0.239 e. The minimum absolute atomic E-state index is 0.0540. The molecule has 31 heavy (non-hydrogen) atoms. The van der Waals surface area contributed by atoms with E-state index in [9.17, 15) is 13.2 Å². The minimum Gasteiger partial charge on any atom is -0.459 e. The van der Waals surface area contributed by atoms with Crippen molar-refractivity contribution in [2.45, 2.75) is 32.5 Å². The fourth-order valence-electron chi connectivity index (χ4n) is 3.71. The summed E-state index contributed by atoms with van der Waals surface area (Å²) in [5.74, 6) is 0.861. The van der Waals surface area contributed by atoms with E-state index in [2.05, 4.69) is 5.32 Å². The molecule has 3 aromatic rings. The van der Waals surface area contributed by atoms with Gasteiger partial charge in [0.05, 0.1) is 12.3 Å². The fraction of sp³-hybridized carbons (Fsp3) is 0.261. The highest BCUT2D eigenvalue weighted by atomic mass is 35.5. The van der Waals surface area contributed by atoms with Gasteiger partial charge in [0.2, 0.25) is 15.9 Å². The average Bonchev–Trinajstić information content (AvgIpc) is 3.26. The number of furan rings is 1. The SMILES string of the molecule is CCS(=O)(=O)N1Cc2ccccc2CC1C(=O)NCc1ccc(-c2ccc(Cl)cc2)o1. The number of carbonyl (C=O) groups is 1. The number of fused-ring (bicyclic) bond motifs is 1. The van der Waals surface area contributed by atoms with Crippen LogP contribution in [0.15, 0.2) is 65.1 Å². The molecule has 0 aliphatic carbocycles. The van der Waals surface area contributed by atoms with Crippen molar-refractivity contribution in [3.8, 4) is 11.3 Å². The molecule has 0 fully saturated rings. The fourth-order valence-corrected chi connectivity index (χ4v) is 5.07. The van der Waals surface area contributed by atoms with Crippen LogP contribution in [0.3, 0.4) is 0 Å². The first-order valence-corrected chi connectivity index (χ1v) is 12.0. The summed E-state index contributed by atoms with van der Waals surface area (Å²) in [5.41, 5.74) is 2.81. The van der Waals surface area contributed by atoms with E-state index in [4.69, 9.17) is 16.0 Å². The molecule has 2 heterocycles. The van der Waals surface area contributed by atoms with Crippen molar-refractivity contribution in [3.05, 3.63) is 82.6 Å². The molecule has 1 amide bonds. The van der Waals surface area contributed by atoms with Gasteiger partial charge in [-0.2, -0.15) is 4.31 Å². The third-order valence-electron chi connectivity index (χ3n) is 5.46. The van der Waals surface area contributed by atoms with Crippen LogP contribution in [0.25, 0.3) is 11.3 Å². The van der Waals surface area contributed by atoms with Crippen LogP contribution in [0.4, 0.5) is 0 Å². The zero-order chi connectivity index (χ0) is 22.0. The summed E-state index contributed by atoms with van der Waals surface area (Å²) < 4.78 is 32.5. The van der Waals surface area contributed by atoms with Crippen LogP contribution in [-0.4, -0.2) is 30.4 Å². The van der Waals surface area contributed by atoms with Crippen molar-refractivity contribution in [2.24, 2.45) is 0 Å². The lowest BCUT2D eigenvalue weighted by Gasteiger charge is -2.34. The third-order valence-corrected chi connectivity index (χ3v) is 7.54. The van der Waals surface area contributed by atoms with E-state index in [1.807, 2.05) is 42.5 Å². The Bertz CT molecular complexity index is 1190. The molecule has 0 bridgehead atoms. The number of hydrogen-bond acceptors (Lipinski definition) is 4. The molecule has 0 saturated heterocycles. The van der Waals surface area contributed by atoms with Crippen molar-refractivity contribution >= 4 is 27.5 Å². The minimum atomic E-state index is -3.54. The Labute approximate surface area is 186 Å². The second kappa shape index (κ2) is 8.86. The molecule has 1 atom stereocenters. The highest BCUT2D eigenvalue weighted by Crippen LogP contribution is 2.27. The first-order valence-electron chi connectivity index (χ1n) is 10.1. The van der Waals surface area contributed by atoms with Crippen LogP contribution in [0, 0.1) is 0 Å². The highest BCUT2D eigenvalue weighted by molar-refractivity contribution is 7.89. The lowest BCUT2D eigenvalue weighted by atomic mass is 9.95. The molecule has 4 rings (SSSR count). The van der Waals surface area contributed by atoms with Crippen molar-refractivity contribution in [2.75, 3.05) is 5.75 Å². The van der Waals surface area contributed by atoms with Gasteiger partial charge < -0.3 is 9.73 Å². The number of carbonyl (C=O) groups excluding carboxylic acids is 1. The summed E-state index contributed by atoms with van der Waals surface area (Å²) in [4.78, 5) is 13.0. The van der Waals surface area contributed by atoms with Gasteiger partial charge in [0.1, 0.15) is 17.6 Å². The second-order valence-electron chi connectivity index (χ2n) is 7.43. The Morgan fingerprint density at radius 2 is 1.81 bits per heavy atom. The molecule has 6 nitrogen and oxygen atoms in total. The summed E-state index contributed by atoms with van der Waals surface area (Å²) in [5, 5.41) is 3.48. The monoisotopic (exact) mass is 458 g/mol. The number of sulfonamides is 1. The van der Waals surface area contributed by atoms with Crippen molar-refractivity contribution in [1.29, 1.82) is 0 Å². The van der Waals surface area contributed by atoms with Crippen molar-refractivity contribution in [3.63, 3.8) is 0 Å². The predicted octanol–water partition coefficient (Wildman–Crippen LogP) is 3.99. The Morgan fingerprint density at radius 1 is 1.10 bits per heavy atom. The molecule has 1 N–H and O–H groups in total. The number of nitrogens with zero attached hydrogens (tertiary/aromatic N) is 1. The number of hydrogen-bond donors (Lipinski definition) is 1. The molecule has 8 heteroatoms. The molecular formula is C23H23ClN2O4S. The Hall–Kier alpha value is -2.61. The van der Waals surface area contributed by atoms with Gasteiger partial charge in [0, 0.05) is 17.1 Å². The Balaban J connectivity index is 1.49. The standard InChI is InChI=1S/C23H23ClN2O4S/c1-2-31(28,29)26-15-18-6-4-3-5-17(18)13-21(26)23(27)25-14-20-11-12-22(30-20)16-7-9-19(24)10-8-16/h3-12,21H,2,13-15H2,1H3,(H,25,27). The van der Waals surface area contributed by atoms with E-state index < -0.39 is 16.1 Å². The van der Waals surface area contributed by atoms with Crippen LogP contribution in [-0.2, 0) is 34.3 Å². The van der Waals surface area contributed by atoms with E-state index in [1.165, 1.54) is 4.31 Å². The van der Waals surface area contributed by atoms with Crippen LogP contribution in [0.2, 0.25) is 5.02 Å². The van der Waals surface area contributed by atoms with Gasteiger partial charge in [0.25, 0.3) is 0 Å². The lowest BCUT2D eigenvalue weighted by molar-refractivity contribution is -0.125. The van der Waals surface area contributed by atoms with Crippen LogP contribution < -0.4 is 5.32 Å². The summed E-state index contributed by atoms with van der Waals surface area (Å²) >= 11 is 5.92. The van der Waals surface area contributed by atoms with Gasteiger partial charge in [0.15, 0.2) is 0 Å². The van der Waals surface area contributed by atoms with Crippen LogP contribution in [0.5, 0.6) is 0 Å². The van der Waals surface area contributed by atoms with Gasteiger partial charge in [-0.05, 0) is 60.9 Å². The molecule has 1 aliphatic rings. The van der Waals surface area contributed by atoms with E-state index in [1.54, 1.807) is 25.1 Å². The van der Waals surface area contributed by atoms with Crippen LogP contribution in [0.1, 0.15) is 23.8 Å². The Morgan fingerprint density at radius 3 is 2.52 bits per heavy atom. The van der Waals surface area contributed by atoms with Gasteiger partial charge >= 0.3 is 0 Å². The first kappa shape index (κ1) is 21.6. The predicted molar refractivity (Wildman–Crippen MR) is 120 cm³/mol. The van der Waals surface area contributed by atoms with E-state index in [-0.39, 0.29) is 24.7 Å². The summed E-state index contributed by atoms with van der Waals surface area (Å²) in [7, 11) is -3.54. The second-order valence-corrected chi connectivity index (χ2v) is 10.1. The molecule has 1 unspecified atom stereocenters. The topological polar surface area (TPSA) is 79.6 Å². The average molecular weight is 459 g/mol. The van der Waals surface area contributed by atoms with Crippen molar-refractivity contribution in [1.82, 2.24) is 9.62 Å². The number of benzene rings is 2. The number of amides is 1. The van der Waals surface area contributed by atoms with Gasteiger partial charge in [-0.15, -0.1) is 0 Å². The molecule has 1 aromatic heterocycles. The largest absolute Gasteiger partial charge is 0.459 e. The maximum atomic E-state index is 13.0. The molecule has 0 saturated carbocycles. The molecular weight excluding hydrogens is 436 g/mol. The van der Waals surface area contributed by atoms with Crippen molar-refractivity contribution < 1.29 is 17.6 Å². The molecule has 1 aliphatic heterocycles. The van der Waals surface area contributed by atoms with Gasteiger partial charge in [-0.25, -0.2) is 8.42 Å². The molecule has 162 valence electrons. The zero-order valence-corrected chi connectivity index (χ0v) is 18.6. The quantitative estimate of drug-likeness (QED) is 0.605. The number of nitrogens with one attached hydrogen (secondary N) is 1. The summed E-state index contributed by atoms with van der Waals surface area (Å²) in [6, 6.07) is 17.7. The van der Waals surface area contributed by atoms with E-state index in [0.29, 0.717) is 23.0 Å². The molecule has 2 aromatic carbocycles. The highest BCUT2D eigenvalue weighted by Gasteiger charge is 2.37. The van der Waals surface area contributed by atoms with E-state index in [0.717, 1.165) is 16.7 Å². The van der Waals surface area contributed by atoms with Crippen LogP contribution >= 0.6 is 11.6 Å². The number of rotatable bonds is 6. The lowest BCUT2D eigenvalue weighted by Crippen LogP contribution is -2.52. The first-order chi connectivity index (χ1) is 14.9. The zero-order valence-electron chi connectivity index (χ0n) is 17.0.